The van der Waals surface area contributed by atoms with Crippen molar-refractivity contribution in [2.75, 3.05) is 6.61 Å². The summed E-state index contributed by atoms with van der Waals surface area (Å²) in [6.45, 7) is 3.18. The van der Waals surface area contributed by atoms with Gasteiger partial charge in [-0.3, -0.25) is 0 Å². The number of rotatable bonds is 5. The molecule has 0 fully saturated rings. The first-order chi connectivity index (χ1) is 6.95. The number of thiazole rings is 1. The van der Waals surface area contributed by atoms with Crippen LogP contribution >= 0.6 is 11.3 Å². The zero-order valence-corrected chi connectivity index (χ0v) is 10.2. The maximum atomic E-state index is 11.5. The summed E-state index contributed by atoms with van der Waals surface area (Å²) in [5.41, 5.74) is 0. The molecule has 1 unspecified atom stereocenters. The standard InChI is InChI=1S/C8H14N2O3S2/c1-6(5-11)15(12,13)10-4-8-3-9-7(2)14-8/h3,6,10-11H,4-5H2,1-2H3. The minimum Gasteiger partial charge on any atom is -0.395 e. The van der Waals surface area contributed by atoms with Crippen LogP contribution in [0.1, 0.15) is 16.8 Å². The number of hydrogen-bond acceptors (Lipinski definition) is 5. The summed E-state index contributed by atoms with van der Waals surface area (Å²) >= 11 is 1.45. The molecule has 1 heterocycles. The number of hydrogen-bond donors (Lipinski definition) is 2. The van der Waals surface area contributed by atoms with Crippen LogP contribution in [0.3, 0.4) is 0 Å². The lowest BCUT2D eigenvalue weighted by molar-refractivity contribution is 0.295. The van der Waals surface area contributed by atoms with E-state index in [1.54, 1.807) is 6.20 Å². The molecule has 1 rings (SSSR count). The second-order valence-corrected chi connectivity index (χ2v) is 6.71. The highest BCUT2D eigenvalue weighted by Gasteiger charge is 2.19. The van der Waals surface area contributed by atoms with Crippen LogP contribution in [-0.4, -0.2) is 30.4 Å². The Hall–Kier alpha value is -0.500. The van der Waals surface area contributed by atoms with Gasteiger partial charge in [-0.05, 0) is 13.8 Å². The van der Waals surface area contributed by atoms with Gasteiger partial charge in [-0.2, -0.15) is 0 Å². The lowest BCUT2D eigenvalue weighted by Gasteiger charge is -2.09. The Balaban J connectivity index is 2.57. The van der Waals surface area contributed by atoms with Crippen molar-refractivity contribution < 1.29 is 13.5 Å². The molecule has 5 nitrogen and oxygen atoms in total. The first-order valence-electron chi connectivity index (χ1n) is 4.46. The van der Waals surface area contributed by atoms with Crippen LogP contribution in [0.15, 0.2) is 6.20 Å². The fourth-order valence-electron chi connectivity index (χ4n) is 0.899. The van der Waals surface area contributed by atoms with E-state index in [0.29, 0.717) is 0 Å². The third-order valence-corrected chi connectivity index (χ3v) is 4.57. The highest BCUT2D eigenvalue weighted by molar-refractivity contribution is 7.90. The average molecular weight is 250 g/mol. The first kappa shape index (κ1) is 12.6. The Labute approximate surface area is 93.2 Å². The predicted octanol–water partition coefficient (Wildman–Crippen LogP) is 0.252. The highest BCUT2D eigenvalue weighted by atomic mass is 32.2. The van der Waals surface area contributed by atoms with Crippen molar-refractivity contribution in [3.63, 3.8) is 0 Å². The van der Waals surface area contributed by atoms with Crippen molar-refractivity contribution in [1.29, 1.82) is 0 Å². The van der Waals surface area contributed by atoms with E-state index in [2.05, 4.69) is 9.71 Å². The number of nitrogens with zero attached hydrogens (tertiary/aromatic N) is 1. The first-order valence-corrected chi connectivity index (χ1v) is 6.82. The van der Waals surface area contributed by atoms with E-state index in [4.69, 9.17) is 5.11 Å². The third kappa shape index (κ3) is 3.53. The number of aryl methyl sites for hydroxylation is 1. The summed E-state index contributed by atoms with van der Waals surface area (Å²) in [7, 11) is -3.42. The monoisotopic (exact) mass is 250 g/mol. The van der Waals surface area contributed by atoms with Crippen LogP contribution in [0.2, 0.25) is 0 Å². The van der Waals surface area contributed by atoms with Crippen molar-refractivity contribution in [2.24, 2.45) is 0 Å². The van der Waals surface area contributed by atoms with Crippen molar-refractivity contribution in [3.8, 4) is 0 Å². The number of aliphatic hydroxyl groups is 1. The molecule has 1 aromatic rings. The molecule has 0 spiro atoms. The minimum absolute atomic E-state index is 0.234. The van der Waals surface area contributed by atoms with E-state index >= 15 is 0 Å². The van der Waals surface area contributed by atoms with Crippen molar-refractivity contribution in [2.45, 2.75) is 25.6 Å². The molecule has 86 valence electrons. The summed E-state index contributed by atoms with van der Waals surface area (Å²) in [6, 6.07) is 0. The van der Waals surface area contributed by atoms with Crippen molar-refractivity contribution >= 4 is 21.4 Å². The van der Waals surface area contributed by atoms with Gasteiger partial charge >= 0.3 is 0 Å². The van der Waals surface area contributed by atoms with Crippen LogP contribution in [0.5, 0.6) is 0 Å². The quantitative estimate of drug-likeness (QED) is 0.785. The van der Waals surface area contributed by atoms with E-state index in [-0.39, 0.29) is 13.2 Å². The highest BCUT2D eigenvalue weighted by Crippen LogP contribution is 2.11. The molecular weight excluding hydrogens is 236 g/mol. The molecule has 0 bridgehead atoms. The van der Waals surface area contributed by atoms with Crippen molar-refractivity contribution in [3.05, 3.63) is 16.1 Å². The summed E-state index contributed by atoms with van der Waals surface area (Å²) in [4.78, 5) is 4.88. The fourth-order valence-corrected chi connectivity index (χ4v) is 2.56. The lowest BCUT2D eigenvalue weighted by Crippen LogP contribution is -2.34. The minimum atomic E-state index is -3.42. The molecule has 1 aromatic heterocycles. The van der Waals surface area contributed by atoms with E-state index in [1.165, 1.54) is 18.3 Å². The molecule has 1 atom stereocenters. The summed E-state index contributed by atoms with van der Waals surface area (Å²) in [5, 5.41) is 8.86. The van der Waals surface area contributed by atoms with Gasteiger partial charge in [0.15, 0.2) is 0 Å². The zero-order chi connectivity index (χ0) is 11.5. The van der Waals surface area contributed by atoms with Crippen LogP contribution in [0, 0.1) is 6.92 Å². The number of nitrogens with one attached hydrogen (secondary N) is 1. The summed E-state index contributed by atoms with van der Waals surface area (Å²) < 4.78 is 25.3. The van der Waals surface area contributed by atoms with E-state index in [9.17, 15) is 8.42 Å². The van der Waals surface area contributed by atoms with Crippen LogP contribution in [-0.2, 0) is 16.6 Å². The van der Waals surface area contributed by atoms with Crippen LogP contribution in [0.25, 0.3) is 0 Å². The maximum absolute atomic E-state index is 11.5. The second kappa shape index (κ2) is 5.02. The van der Waals surface area contributed by atoms with Gasteiger partial charge in [-0.1, -0.05) is 0 Å². The van der Waals surface area contributed by atoms with E-state index in [0.717, 1.165) is 9.88 Å². The van der Waals surface area contributed by atoms with Crippen LogP contribution in [0.4, 0.5) is 0 Å². The molecule has 7 heteroatoms. The average Bonchev–Trinajstić information content (AvgIpc) is 2.60. The Morgan fingerprint density at radius 1 is 1.67 bits per heavy atom. The molecular formula is C8H14N2O3S2. The van der Waals surface area contributed by atoms with Gasteiger partial charge < -0.3 is 5.11 Å². The van der Waals surface area contributed by atoms with Gasteiger partial charge in [0.2, 0.25) is 10.0 Å². The third-order valence-electron chi connectivity index (χ3n) is 1.90. The predicted molar refractivity (Wildman–Crippen MR) is 59.2 cm³/mol. The van der Waals surface area contributed by atoms with Gasteiger partial charge in [0.25, 0.3) is 0 Å². The molecule has 0 aliphatic carbocycles. The molecule has 0 amide bonds. The van der Waals surface area contributed by atoms with Gasteiger partial charge in [0.1, 0.15) is 0 Å². The zero-order valence-electron chi connectivity index (χ0n) is 8.60. The summed E-state index contributed by atoms with van der Waals surface area (Å²) in [6.07, 6.45) is 1.64. The Kier molecular flexibility index (Phi) is 4.21. The smallest absolute Gasteiger partial charge is 0.216 e. The molecule has 2 N–H and O–H groups in total. The summed E-state index contributed by atoms with van der Waals surface area (Å²) in [5.74, 6) is 0. The molecule has 0 saturated heterocycles. The maximum Gasteiger partial charge on any atom is 0.216 e. The largest absolute Gasteiger partial charge is 0.395 e. The molecule has 0 saturated carbocycles. The molecule has 0 radical (unpaired) electrons. The molecule has 0 aromatic carbocycles. The number of aliphatic hydroxyl groups excluding tert-OH is 1. The van der Waals surface area contributed by atoms with Gasteiger partial charge in [-0.15, -0.1) is 11.3 Å². The second-order valence-electron chi connectivity index (χ2n) is 3.20. The van der Waals surface area contributed by atoms with Crippen LogP contribution < -0.4 is 4.72 Å². The van der Waals surface area contributed by atoms with Crippen molar-refractivity contribution in [1.82, 2.24) is 9.71 Å². The van der Waals surface area contributed by atoms with Gasteiger partial charge in [-0.25, -0.2) is 18.1 Å². The Morgan fingerprint density at radius 2 is 2.33 bits per heavy atom. The fraction of sp³-hybridized carbons (Fsp3) is 0.625. The number of sulfonamides is 1. The topological polar surface area (TPSA) is 79.3 Å². The van der Waals surface area contributed by atoms with E-state index in [1.807, 2.05) is 6.92 Å². The molecule has 0 aliphatic heterocycles. The molecule has 0 aliphatic rings. The molecule has 15 heavy (non-hydrogen) atoms. The van der Waals surface area contributed by atoms with E-state index < -0.39 is 15.3 Å². The van der Waals surface area contributed by atoms with Gasteiger partial charge in [0.05, 0.1) is 16.9 Å². The Morgan fingerprint density at radius 3 is 2.80 bits per heavy atom. The normalized spacial score (nSPS) is 14.1. The Bertz CT molecular complexity index is 413. The lowest BCUT2D eigenvalue weighted by atomic mass is 10.5. The van der Waals surface area contributed by atoms with Gasteiger partial charge in [0, 0.05) is 17.6 Å². The number of aromatic nitrogens is 1. The SMILES string of the molecule is Cc1ncc(CNS(=O)(=O)C(C)CO)s1.